The first kappa shape index (κ1) is 52.7. The molecule has 0 unspecified atom stereocenters. The molecule has 13 nitrogen and oxygen atoms in total. The Bertz CT molecular complexity index is 1800. The molecule has 0 aromatic heterocycles. The van der Waals surface area contributed by atoms with Gasteiger partial charge in [-0.2, -0.15) is 0 Å². The summed E-state index contributed by atoms with van der Waals surface area (Å²) in [6, 6.07) is 23.0. The van der Waals surface area contributed by atoms with Crippen LogP contribution in [-0.4, -0.2) is 81.5 Å². The van der Waals surface area contributed by atoms with Gasteiger partial charge in [0.25, 0.3) is 0 Å². The summed E-state index contributed by atoms with van der Waals surface area (Å²) in [5, 5.41) is 13.9. The van der Waals surface area contributed by atoms with E-state index in [0.29, 0.717) is 62.6 Å². The van der Waals surface area contributed by atoms with Crippen molar-refractivity contribution in [1.82, 2.24) is 0 Å². The highest BCUT2D eigenvalue weighted by atomic mass is 16.7. The second kappa shape index (κ2) is 30.5. The van der Waals surface area contributed by atoms with E-state index in [1.165, 1.54) is 0 Å². The van der Waals surface area contributed by atoms with Crippen molar-refractivity contribution >= 4 is 18.5 Å². The van der Waals surface area contributed by atoms with E-state index < -0.39 is 18.5 Å². The van der Waals surface area contributed by atoms with Crippen LogP contribution in [-0.2, 0) is 44.6 Å². The molecular formula is C49H66O13. The number of hydrogen-bond donors (Lipinski definition) is 2. The summed E-state index contributed by atoms with van der Waals surface area (Å²) in [7, 11) is 0. The smallest absolute Gasteiger partial charge is 0.450 e. The van der Waals surface area contributed by atoms with Crippen LogP contribution in [0.5, 0.6) is 23.0 Å². The van der Waals surface area contributed by atoms with Crippen molar-refractivity contribution in [3.05, 3.63) is 117 Å². The molecule has 4 aromatic rings. The van der Waals surface area contributed by atoms with Gasteiger partial charge < -0.3 is 48.1 Å². The number of benzene rings is 4. The zero-order valence-corrected chi connectivity index (χ0v) is 37.7. The summed E-state index contributed by atoms with van der Waals surface area (Å²) in [4.78, 5) is 33.0. The molecule has 0 atom stereocenters. The van der Waals surface area contributed by atoms with Gasteiger partial charge in [-0.3, -0.25) is 0 Å². The number of rotatable bonds is 22. The van der Waals surface area contributed by atoms with Gasteiger partial charge in [0.15, 0.2) is 0 Å². The minimum absolute atomic E-state index is 0.498. The van der Waals surface area contributed by atoms with Crippen LogP contribution >= 0.6 is 0 Å². The van der Waals surface area contributed by atoms with Crippen LogP contribution in [0.2, 0.25) is 0 Å². The molecule has 0 aliphatic rings. The lowest BCUT2D eigenvalue weighted by atomic mass is 10.1. The van der Waals surface area contributed by atoms with Gasteiger partial charge >= 0.3 is 18.5 Å². The van der Waals surface area contributed by atoms with E-state index in [1.807, 2.05) is 90.1 Å². The van der Waals surface area contributed by atoms with Gasteiger partial charge in [0.1, 0.15) is 23.0 Å². The summed E-state index contributed by atoms with van der Waals surface area (Å²) >= 11 is 0. The van der Waals surface area contributed by atoms with Crippen molar-refractivity contribution in [1.29, 1.82) is 0 Å². The molecule has 4 rings (SSSR count). The molecule has 0 heterocycles. The van der Waals surface area contributed by atoms with Crippen molar-refractivity contribution in [2.24, 2.45) is 0 Å². The first-order chi connectivity index (χ1) is 29.8. The number of carbonyl (C=O) groups excluding carboxylic acids is 2. The van der Waals surface area contributed by atoms with Crippen molar-refractivity contribution < 1.29 is 62.5 Å². The molecule has 4 aromatic carbocycles. The van der Waals surface area contributed by atoms with E-state index in [-0.39, 0.29) is 0 Å². The van der Waals surface area contributed by atoms with E-state index in [9.17, 15) is 9.59 Å². The van der Waals surface area contributed by atoms with Crippen molar-refractivity contribution in [3.63, 3.8) is 0 Å². The van der Waals surface area contributed by atoms with Crippen LogP contribution < -0.4 is 18.9 Å². The Hall–Kier alpha value is -5.47. The zero-order chi connectivity index (χ0) is 45.7. The first-order valence-corrected chi connectivity index (χ1v) is 21.2. The number of carbonyl (C=O) groups is 3. The maximum Gasteiger partial charge on any atom is 0.519 e. The van der Waals surface area contributed by atoms with Gasteiger partial charge in [-0.25, -0.2) is 14.4 Å². The Morgan fingerprint density at radius 2 is 0.645 bits per heavy atom. The molecule has 0 bridgehead atoms. The fraction of sp³-hybridized carbons (Fsp3) is 0.449. The largest absolute Gasteiger partial charge is 0.519 e. The SMILES string of the molecule is CCCOCCc1ccc(OC(=O)Oc2ccc(CCOCC)cc2C)c(C)c1.CCCOCCc1ccc(OC(=O)Oc2ccc(CCOCC)cc2C)c(C)c1.O=C(O)O. The van der Waals surface area contributed by atoms with Crippen LogP contribution in [0.3, 0.4) is 0 Å². The highest BCUT2D eigenvalue weighted by molar-refractivity contribution is 5.69. The van der Waals surface area contributed by atoms with Crippen molar-refractivity contribution in [2.45, 2.75) is 93.9 Å². The number of carboxylic acid groups (broad SMARTS) is 2. The predicted molar refractivity (Wildman–Crippen MR) is 239 cm³/mol. The number of hydrogen-bond acceptors (Lipinski definition) is 11. The second-order valence-corrected chi connectivity index (χ2v) is 14.2. The molecule has 13 heteroatoms. The Morgan fingerprint density at radius 3 is 0.855 bits per heavy atom. The highest BCUT2D eigenvalue weighted by Crippen LogP contribution is 2.25. The van der Waals surface area contributed by atoms with E-state index in [4.69, 9.17) is 52.9 Å². The third-order valence-electron chi connectivity index (χ3n) is 8.98. The lowest BCUT2D eigenvalue weighted by molar-refractivity contribution is 0.136. The monoisotopic (exact) mass is 862 g/mol. The van der Waals surface area contributed by atoms with E-state index in [2.05, 4.69) is 13.8 Å². The Labute approximate surface area is 367 Å². The molecule has 0 radical (unpaired) electrons. The lowest BCUT2D eigenvalue weighted by Gasteiger charge is -2.12. The average molecular weight is 863 g/mol. The Balaban J connectivity index is 0.000000393. The molecular weight excluding hydrogens is 797 g/mol. The highest BCUT2D eigenvalue weighted by Gasteiger charge is 2.14. The van der Waals surface area contributed by atoms with E-state index in [0.717, 1.165) is 96.2 Å². The quantitative estimate of drug-likeness (QED) is 0.0436. The predicted octanol–water partition coefficient (Wildman–Crippen LogP) is 11.1. The summed E-state index contributed by atoms with van der Waals surface area (Å²) in [6.45, 7) is 21.5. The minimum Gasteiger partial charge on any atom is -0.450 e. The standard InChI is InChI=1S/2C24H32O5.CH2O3/c2*1-5-13-27-15-12-21-8-10-23(19(4)17-21)29-24(25)28-22-9-7-20(16-18(22)3)11-14-26-6-2;2-1(3)4/h2*7-10,16-17H,5-6,11-15H2,1-4H3;(H2,2,3,4). The van der Waals surface area contributed by atoms with Crippen LogP contribution in [0, 0.1) is 27.7 Å². The van der Waals surface area contributed by atoms with Gasteiger partial charge in [0.2, 0.25) is 0 Å². The van der Waals surface area contributed by atoms with E-state index >= 15 is 0 Å². The molecule has 0 fully saturated rings. The topological polar surface area (TPSA) is 166 Å². The van der Waals surface area contributed by atoms with Gasteiger partial charge in [0.05, 0.1) is 26.4 Å². The molecule has 0 saturated heterocycles. The lowest BCUT2D eigenvalue weighted by Crippen LogP contribution is -2.15. The fourth-order valence-corrected chi connectivity index (χ4v) is 5.87. The van der Waals surface area contributed by atoms with Gasteiger partial charge in [-0.05, 0) is 149 Å². The maximum absolute atomic E-state index is 12.2. The molecule has 62 heavy (non-hydrogen) atoms. The minimum atomic E-state index is -1.83. The Kier molecular flexibility index (Phi) is 25.9. The maximum atomic E-state index is 12.2. The van der Waals surface area contributed by atoms with Crippen LogP contribution in [0.4, 0.5) is 14.4 Å². The van der Waals surface area contributed by atoms with Crippen LogP contribution in [0.25, 0.3) is 0 Å². The number of aryl methyl sites for hydroxylation is 4. The molecule has 0 aliphatic carbocycles. The number of ether oxygens (including phenoxy) is 8. The summed E-state index contributed by atoms with van der Waals surface area (Å²) in [6.07, 6.45) is 2.05. The third kappa shape index (κ3) is 21.9. The van der Waals surface area contributed by atoms with Crippen LogP contribution in [0.15, 0.2) is 72.8 Å². The third-order valence-corrected chi connectivity index (χ3v) is 8.98. The van der Waals surface area contributed by atoms with Gasteiger partial charge in [-0.15, -0.1) is 0 Å². The molecule has 0 spiro atoms. The van der Waals surface area contributed by atoms with Crippen LogP contribution in [0.1, 0.15) is 85.0 Å². The molecule has 0 amide bonds. The van der Waals surface area contributed by atoms with E-state index in [1.54, 1.807) is 24.3 Å². The normalized spacial score (nSPS) is 10.5. The molecule has 0 saturated carbocycles. The fourth-order valence-electron chi connectivity index (χ4n) is 5.87. The molecule has 0 aliphatic heterocycles. The summed E-state index contributed by atoms with van der Waals surface area (Å²) in [5.74, 6) is 1.99. The van der Waals surface area contributed by atoms with Gasteiger partial charge in [0, 0.05) is 26.4 Å². The summed E-state index contributed by atoms with van der Waals surface area (Å²) < 4.78 is 43.4. The molecule has 340 valence electrons. The average Bonchev–Trinajstić information content (AvgIpc) is 3.22. The van der Waals surface area contributed by atoms with Crippen molar-refractivity contribution in [3.8, 4) is 23.0 Å². The zero-order valence-electron chi connectivity index (χ0n) is 37.7. The molecule has 2 N–H and O–H groups in total. The van der Waals surface area contributed by atoms with Gasteiger partial charge in [-0.1, -0.05) is 62.4 Å². The summed E-state index contributed by atoms with van der Waals surface area (Å²) in [5.41, 5.74) is 8.13. The first-order valence-electron chi connectivity index (χ1n) is 21.2. The van der Waals surface area contributed by atoms with Crippen molar-refractivity contribution in [2.75, 3.05) is 52.9 Å². The Morgan fingerprint density at radius 1 is 0.403 bits per heavy atom. The second-order valence-electron chi connectivity index (χ2n) is 14.2.